The Kier molecular flexibility index (Phi) is 7.31. The Morgan fingerprint density at radius 1 is 1.18 bits per heavy atom. The number of aromatic nitrogens is 2. The third-order valence-corrected chi connectivity index (χ3v) is 5.66. The summed E-state index contributed by atoms with van der Waals surface area (Å²) in [5.74, 6) is 1.73. The molecule has 3 rings (SSSR count). The molecule has 2 fully saturated rings. The Bertz CT molecular complexity index is 686. The van der Waals surface area contributed by atoms with Gasteiger partial charge in [-0.25, -0.2) is 4.98 Å². The lowest BCUT2D eigenvalue weighted by Crippen LogP contribution is -2.32. The Balaban J connectivity index is 1.92. The van der Waals surface area contributed by atoms with Crippen LogP contribution in [0, 0.1) is 0 Å². The van der Waals surface area contributed by atoms with Crippen LogP contribution in [0.1, 0.15) is 57.4 Å². The zero-order valence-corrected chi connectivity index (χ0v) is 17.6. The molecule has 0 radical (unpaired) electrons. The number of piperidine rings is 1. The minimum Gasteiger partial charge on any atom is -0.393 e. The molecule has 0 aromatic carbocycles. The largest absolute Gasteiger partial charge is 0.393 e. The number of hydrogen-bond acceptors (Lipinski definition) is 6. The standard InChI is InChI=1S/C22H35N5O/c1-4-5-9-20(26(2)3)19-16-23-22(27-14-7-6-8-15-27)25-21(19)24-17-10-12-18(28)13-11-17/h4-5,9,16-18,28H,6-8,10-15H2,1-3H3,(H,23,24,25). The SMILES string of the molecule is CC=CC=C(c1cnc(N2CCCCC2)nc1NC1CCC(O)CC1)N(C)C. The van der Waals surface area contributed by atoms with E-state index in [4.69, 9.17) is 9.97 Å². The van der Waals surface area contributed by atoms with Crippen LogP contribution in [-0.2, 0) is 0 Å². The molecule has 1 aromatic heterocycles. The second-order valence-electron chi connectivity index (χ2n) is 8.10. The van der Waals surface area contributed by atoms with E-state index in [2.05, 4.69) is 41.4 Å². The summed E-state index contributed by atoms with van der Waals surface area (Å²) in [6.45, 7) is 4.08. The van der Waals surface area contributed by atoms with E-state index in [1.165, 1.54) is 19.3 Å². The van der Waals surface area contributed by atoms with Crippen LogP contribution >= 0.6 is 0 Å². The molecule has 0 atom stereocenters. The molecule has 0 unspecified atom stereocenters. The van der Waals surface area contributed by atoms with Gasteiger partial charge in [0.2, 0.25) is 5.95 Å². The molecule has 0 spiro atoms. The van der Waals surface area contributed by atoms with Crippen LogP contribution in [0.25, 0.3) is 5.70 Å². The van der Waals surface area contributed by atoms with Crippen molar-refractivity contribution >= 4 is 17.5 Å². The van der Waals surface area contributed by atoms with Gasteiger partial charge in [0.25, 0.3) is 0 Å². The average molecular weight is 386 g/mol. The van der Waals surface area contributed by atoms with Crippen LogP contribution in [0.4, 0.5) is 11.8 Å². The van der Waals surface area contributed by atoms with Gasteiger partial charge in [-0.15, -0.1) is 0 Å². The van der Waals surface area contributed by atoms with Crippen molar-refractivity contribution in [3.63, 3.8) is 0 Å². The lowest BCUT2D eigenvalue weighted by Gasteiger charge is -2.30. The van der Waals surface area contributed by atoms with Gasteiger partial charge in [0.1, 0.15) is 5.82 Å². The van der Waals surface area contributed by atoms with Crippen molar-refractivity contribution in [2.45, 2.75) is 64.0 Å². The number of aliphatic hydroxyl groups is 1. The van der Waals surface area contributed by atoms with Gasteiger partial charge in [-0.3, -0.25) is 0 Å². The van der Waals surface area contributed by atoms with Crippen molar-refractivity contribution in [3.05, 3.63) is 30.0 Å². The number of allylic oxidation sites excluding steroid dienone is 3. The van der Waals surface area contributed by atoms with Gasteiger partial charge >= 0.3 is 0 Å². The van der Waals surface area contributed by atoms with E-state index in [1.807, 2.05) is 19.2 Å². The van der Waals surface area contributed by atoms with E-state index in [0.29, 0.717) is 6.04 Å². The Hall–Kier alpha value is -2.08. The quantitative estimate of drug-likeness (QED) is 0.729. The van der Waals surface area contributed by atoms with Crippen LogP contribution in [0.5, 0.6) is 0 Å². The smallest absolute Gasteiger partial charge is 0.227 e. The first-order valence-electron chi connectivity index (χ1n) is 10.7. The van der Waals surface area contributed by atoms with E-state index in [1.54, 1.807) is 0 Å². The van der Waals surface area contributed by atoms with Gasteiger partial charge in [-0.1, -0.05) is 12.2 Å². The first kappa shape index (κ1) is 20.6. The molecule has 2 aliphatic rings. The molecule has 1 aromatic rings. The summed E-state index contributed by atoms with van der Waals surface area (Å²) < 4.78 is 0. The summed E-state index contributed by atoms with van der Waals surface area (Å²) in [6.07, 6.45) is 15.4. The molecule has 1 aliphatic heterocycles. The molecule has 0 bridgehead atoms. The Morgan fingerprint density at radius 3 is 2.54 bits per heavy atom. The van der Waals surface area contributed by atoms with Gasteiger partial charge in [0, 0.05) is 45.1 Å². The van der Waals surface area contributed by atoms with E-state index in [9.17, 15) is 5.11 Å². The minimum absolute atomic E-state index is 0.154. The fraction of sp³-hybridized carbons (Fsp3) is 0.636. The third-order valence-electron chi connectivity index (χ3n) is 5.66. The lowest BCUT2D eigenvalue weighted by molar-refractivity contribution is 0.126. The van der Waals surface area contributed by atoms with E-state index in [0.717, 1.165) is 61.8 Å². The second kappa shape index (κ2) is 9.92. The van der Waals surface area contributed by atoms with Crippen LogP contribution in [0.3, 0.4) is 0 Å². The van der Waals surface area contributed by atoms with Crippen LogP contribution in [0.15, 0.2) is 24.4 Å². The molecule has 6 nitrogen and oxygen atoms in total. The summed E-state index contributed by atoms with van der Waals surface area (Å²) in [4.78, 5) is 14.1. The summed E-state index contributed by atoms with van der Waals surface area (Å²) in [5.41, 5.74) is 2.11. The Labute approximate surface area is 169 Å². The summed E-state index contributed by atoms with van der Waals surface area (Å²) >= 11 is 0. The highest BCUT2D eigenvalue weighted by Crippen LogP contribution is 2.29. The Morgan fingerprint density at radius 2 is 1.89 bits per heavy atom. The summed E-state index contributed by atoms with van der Waals surface area (Å²) in [5, 5.41) is 13.5. The lowest BCUT2D eigenvalue weighted by atomic mass is 9.93. The minimum atomic E-state index is -0.154. The number of nitrogens with zero attached hydrogens (tertiary/aromatic N) is 4. The highest BCUT2D eigenvalue weighted by molar-refractivity contribution is 5.74. The normalized spacial score (nSPS) is 23.9. The van der Waals surface area contributed by atoms with Gasteiger partial charge < -0.3 is 20.2 Å². The van der Waals surface area contributed by atoms with E-state index >= 15 is 0 Å². The van der Waals surface area contributed by atoms with Crippen LogP contribution < -0.4 is 10.2 Å². The molecular weight excluding hydrogens is 350 g/mol. The predicted molar refractivity (Wildman–Crippen MR) is 116 cm³/mol. The molecule has 0 amide bonds. The number of nitrogens with one attached hydrogen (secondary N) is 1. The number of rotatable bonds is 6. The summed E-state index contributed by atoms with van der Waals surface area (Å²) in [6, 6.07) is 0.344. The van der Waals surface area contributed by atoms with Crippen molar-refractivity contribution in [1.29, 1.82) is 0 Å². The second-order valence-corrected chi connectivity index (χ2v) is 8.10. The maximum absolute atomic E-state index is 9.84. The highest BCUT2D eigenvalue weighted by Gasteiger charge is 2.23. The maximum atomic E-state index is 9.84. The third kappa shape index (κ3) is 5.25. The van der Waals surface area contributed by atoms with Gasteiger partial charge in [0.05, 0.1) is 11.7 Å². The number of aliphatic hydroxyl groups excluding tert-OH is 1. The van der Waals surface area contributed by atoms with Crippen molar-refractivity contribution in [1.82, 2.24) is 14.9 Å². The maximum Gasteiger partial charge on any atom is 0.227 e. The molecule has 6 heteroatoms. The fourth-order valence-corrected chi connectivity index (χ4v) is 4.00. The van der Waals surface area contributed by atoms with Gasteiger partial charge in [0.15, 0.2) is 0 Å². The molecule has 28 heavy (non-hydrogen) atoms. The molecule has 1 aliphatic carbocycles. The monoisotopic (exact) mass is 385 g/mol. The highest BCUT2D eigenvalue weighted by atomic mass is 16.3. The van der Waals surface area contributed by atoms with E-state index in [-0.39, 0.29) is 6.10 Å². The first-order valence-corrected chi connectivity index (χ1v) is 10.7. The van der Waals surface area contributed by atoms with Crippen molar-refractivity contribution in [2.24, 2.45) is 0 Å². The first-order chi connectivity index (χ1) is 13.6. The number of hydrogen-bond donors (Lipinski definition) is 2. The van der Waals surface area contributed by atoms with Crippen molar-refractivity contribution < 1.29 is 5.11 Å². The van der Waals surface area contributed by atoms with Gasteiger partial charge in [-0.2, -0.15) is 4.98 Å². The topological polar surface area (TPSA) is 64.5 Å². The molecule has 154 valence electrons. The van der Waals surface area contributed by atoms with Crippen LogP contribution in [-0.4, -0.2) is 59.3 Å². The molecule has 1 saturated heterocycles. The number of anilines is 2. The van der Waals surface area contributed by atoms with E-state index < -0.39 is 0 Å². The van der Waals surface area contributed by atoms with Crippen molar-refractivity contribution in [2.75, 3.05) is 37.4 Å². The fourth-order valence-electron chi connectivity index (χ4n) is 4.00. The predicted octanol–water partition coefficient (Wildman–Crippen LogP) is 3.66. The molecule has 1 saturated carbocycles. The molecule has 2 N–H and O–H groups in total. The average Bonchev–Trinajstić information content (AvgIpc) is 2.71. The van der Waals surface area contributed by atoms with Crippen molar-refractivity contribution in [3.8, 4) is 0 Å². The van der Waals surface area contributed by atoms with Crippen LogP contribution in [0.2, 0.25) is 0 Å². The molecule has 2 heterocycles. The summed E-state index contributed by atoms with van der Waals surface area (Å²) in [7, 11) is 4.10. The molecular formula is C22H35N5O. The zero-order valence-electron chi connectivity index (χ0n) is 17.6. The zero-order chi connectivity index (χ0) is 19.9. The van der Waals surface area contributed by atoms with Gasteiger partial charge in [-0.05, 0) is 57.9 Å².